The third-order valence-corrected chi connectivity index (χ3v) is 6.20. The van der Waals surface area contributed by atoms with Gasteiger partial charge in [-0.3, -0.25) is 9.69 Å². The molecule has 1 heterocycles. The number of rotatable bonds is 8. The summed E-state index contributed by atoms with van der Waals surface area (Å²) in [6.07, 6.45) is 5.70. The van der Waals surface area contributed by atoms with Crippen LogP contribution in [0.2, 0.25) is 0 Å². The third kappa shape index (κ3) is 7.08. The number of carbonyl (C=O) groups excluding carboxylic acids is 1. The van der Waals surface area contributed by atoms with Gasteiger partial charge in [0.25, 0.3) is 0 Å². The van der Waals surface area contributed by atoms with Gasteiger partial charge < -0.3 is 4.90 Å². The van der Waals surface area contributed by atoms with E-state index in [1.54, 1.807) is 0 Å². The van der Waals surface area contributed by atoms with E-state index in [4.69, 9.17) is 0 Å². The smallest absolute Gasteiger partial charge is 0.223 e. The van der Waals surface area contributed by atoms with Crippen molar-refractivity contribution in [1.29, 1.82) is 0 Å². The van der Waals surface area contributed by atoms with Gasteiger partial charge in [0.1, 0.15) is 0 Å². The highest BCUT2D eigenvalue weighted by Crippen LogP contribution is 2.09. The van der Waals surface area contributed by atoms with Gasteiger partial charge in [0.15, 0.2) is 0 Å². The Bertz CT molecular complexity index is 724. The van der Waals surface area contributed by atoms with Crippen LogP contribution in [0.3, 0.4) is 0 Å². The average molecular weight is 394 g/mol. The van der Waals surface area contributed by atoms with Crippen molar-refractivity contribution in [3.8, 4) is 0 Å². The van der Waals surface area contributed by atoms with Crippen molar-refractivity contribution in [2.45, 2.75) is 26.3 Å². The summed E-state index contributed by atoms with van der Waals surface area (Å²) in [5, 5.41) is 0. The van der Waals surface area contributed by atoms with Crippen molar-refractivity contribution in [3.05, 3.63) is 42.0 Å². The Kier molecular flexibility index (Phi) is 8.01. The lowest BCUT2D eigenvalue weighted by Gasteiger charge is -2.34. The molecule has 1 aromatic rings. The van der Waals surface area contributed by atoms with Gasteiger partial charge in [0.2, 0.25) is 15.9 Å². The van der Waals surface area contributed by atoms with Gasteiger partial charge in [-0.25, -0.2) is 8.42 Å². The number of benzene rings is 1. The fourth-order valence-electron chi connectivity index (χ4n) is 3.25. The second-order valence-electron chi connectivity index (χ2n) is 7.21. The fraction of sp³-hybridized carbons (Fsp3) is 0.550. The number of sulfonamides is 1. The fourth-order valence-corrected chi connectivity index (χ4v) is 4.44. The third-order valence-electron chi connectivity index (χ3n) is 4.75. The molecule has 1 aliphatic rings. The zero-order valence-corrected chi connectivity index (χ0v) is 17.4. The van der Waals surface area contributed by atoms with Crippen LogP contribution in [-0.4, -0.2) is 80.0 Å². The van der Waals surface area contributed by atoms with E-state index < -0.39 is 10.0 Å². The van der Waals surface area contributed by atoms with Crippen molar-refractivity contribution in [1.82, 2.24) is 14.1 Å². The Morgan fingerprint density at radius 1 is 1.15 bits per heavy atom. The lowest BCUT2D eigenvalue weighted by atomic mass is 10.2. The van der Waals surface area contributed by atoms with Crippen LogP contribution >= 0.6 is 0 Å². The van der Waals surface area contributed by atoms with Crippen LogP contribution in [0.15, 0.2) is 36.4 Å². The Morgan fingerprint density at radius 3 is 2.33 bits per heavy atom. The molecular formula is C20H31N3O3S. The van der Waals surface area contributed by atoms with Crippen molar-refractivity contribution >= 4 is 22.0 Å². The van der Waals surface area contributed by atoms with Crippen molar-refractivity contribution in [2.75, 3.05) is 45.5 Å². The van der Waals surface area contributed by atoms with E-state index >= 15 is 0 Å². The van der Waals surface area contributed by atoms with Crippen LogP contribution in [0, 0.1) is 0 Å². The quantitative estimate of drug-likeness (QED) is 0.677. The van der Waals surface area contributed by atoms with Crippen LogP contribution in [0.5, 0.6) is 0 Å². The highest BCUT2D eigenvalue weighted by atomic mass is 32.2. The molecule has 1 aromatic carbocycles. The summed E-state index contributed by atoms with van der Waals surface area (Å²) in [5.41, 5.74) is 1.19. The summed E-state index contributed by atoms with van der Waals surface area (Å²) in [4.78, 5) is 16.6. The summed E-state index contributed by atoms with van der Waals surface area (Å²) >= 11 is 0. The van der Waals surface area contributed by atoms with Gasteiger partial charge in [-0.05, 0) is 19.4 Å². The van der Waals surface area contributed by atoms with Gasteiger partial charge in [-0.2, -0.15) is 4.31 Å². The van der Waals surface area contributed by atoms with E-state index in [1.165, 1.54) is 16.1 Å². The molecule has 1 saturated heterocycles. The number of nitrogens with zero attached hydrogens (tertiary/aromatic N) is 3. The summed E-state index contributed by atoms with van der Waals surface area (Å²) < 4.78 is 25.0. The van der Waals surface area contributed by atoms with E-state index in [0.29, 0.717) is 13.1 Å². The summed E-state index contributed by atoms with van der Waals surface area (Å²) in [6, 6.07) is 10.1. The summed E-state index contributed by atoms with van der Waals surface area (Å²) in [5.74, 6) is 0.0313. The van der Waals surface area contributed by atoms with Crippen LogP contribution in [-0.2, 0) is 14.8 Å². The lowest BCUT2D eigenvalue weighted by molar-refractivity contribution is -0.133. The molecule has 2 rings (SSSR count). The topological polar surface area (TPSA) is 60.9 Å². The molecule has 7 heteroatoms. The number of amides is 1. The second-order valence-corrected chi connectivity index (χ2v) is 9.15. The Labute approximate surface area is 163 Å². The molecule has 0 bridgehead atoms. The van der Waals surface area contributed by atoms with Gasteiger partial charge in [0.05, 0.1) is 6.26 Å². The Hall–Kier alpha value is -1.70. The lowest BCUT2D eigenvalue weighted by Crippen LogP contribution is -2.49. The van der Waals surface area contributed by atoms with Gasteiger partial charge in [0, 0.05) is 51.7 Å². The van der Waals surface area contributed by atoms with E-state index in [-0.39, 0.29) is 24.9 Å². The first-order chi connectivity index (χ1) is 12.8. The predicted molar refractivity (Wildman–Crippen MR) is 110 cm³/mol. The van der Waals surface area contributed by atoms with E-state index in [0.717, 1.165) is 19.6 Å². The van der Waals surface area contributed by atoms with Gasteiger partial charge in [-0.1, -0.05) is 42.5 Å². The minimum atomic E-state index is -3.29. The first-order valence-electron chi connectivity index (χ1n) is 9.46. The maximum atomic E-state index is 12.4. The molecule has 0 spiro atoms. The maximum absolute atomic E-state index is 12.4. The highest BCUT2D eigenvalue weighted by Gasteiger charge is 2.24. The molecule has 0 saturated carbocycles. The molecule has 0 atom stereocenters. The zero-order valence-electron chi connectivity index (χ0n) is 16.5. The van der Waals surface area contributed by atoms with Crippen LogP contribution in [0.4, 0.5) is 0 Å². The van der Waals surface area contributed by atoms with Gasteiger partial charge >= 0.3 is 0 Å². The Balaban J connectivity index is 1.74. The monoisotopic (exact) mass is 393 g/mol. The zero-order chi connectivity index (χ0) is 19.9. The molecule has 1 aliphatic heterocycles. The average Bonchev–Trinajstić information content (AvgIpc) is 2.62. The molecule has 0 aromatic heterocycles. The maximum Gasteiger partial charge on any atom is 0.223 e. The van der Waals surface area contributed by atoms with Crippen LogP contribution < -0.4 is 0 Å². The molecule has 6 nitrogen and oxygen atoms in total. The van der Waals surface area contributed by atoms with Crippen molar-refractivity contribution < 1.29 is 13.2 Å². The number of piperazine rings is 1. The second kappa shape index (κ2) is 10.0. The number of hydrogen-bond acceptors (Lipinski definition) is 4. The minimum absolute atomic E-state index is 0.0313. The standard InChI is InChI=1S/C20H31N3O3S/c1-18(2)23(27(3,25)26)13-11-20(24)22-16-14-21(15-17-22)12-7-10-19-8-5-4-6-9-19/h4-10,18H,11-17H2,1-3H3/b10-7+. The number of carbonyl (C=O) groups is 1. The van der Waals surface area contributed by atoms with Crippen LogP contribution in [0.1, 0.15) is 25.8 Å². The molecule has 27 heavy (non-hydrogen) atoms. The molecule has 0 aliphatic carbocycles. The summed E-state index contributed by atoms with van der Waals surface area (Å²) in [6.45, 7) is 7.83. The molecule has 1 amide bonds. The predicted octanol–water partition coefficient (Wildman–Crippen LogP) is 1.90. The summed E-state index contributed by atoms with van der Waals surface area (Å²) in [7, 11) is -3.29. The highest BCUT2D eigenvalue weighted by molar-refractivity contribution is 7.88. The first-order valence-corrected chi connectivity index (χ1v) is 11.3. The van der Waals surface area contributed by atoms with Gasteiger partial charge in [-0.15, -0.1) is 0 Å². The van der Waals surface area contributed by atoms with Crippen LogP contribution in [0.25, 0.3) is 6.08 Å². The number of hydrogen-bond donors (Lipinski definition) is 0. The molecule has 1 fully saturated rings. The molecule has 0 N–H and O–H groups in total. The normalized spacial score (nSPS) is 16.6. The van der Waals surface area contributed by atoms with E-state index in [1.807, 2.05) is 36.9 Å². The minimum Gasteiger partial charge on any atom is -0.340 e. The van der Waals surface area contributed by atoms with E-state index in [9.17, 15) is 13.2 Å². The van der Waals surface area contributed by atoms with Crippen molar-refractivity contribution in [2.24, 2.45) is 0 Å². The largest absolute Gasteiger partial charge is 0.340 e. The van der Waals surface area contributed by atoms with E-state index in [2.05, 4.69) is 29.2 Å². The Morgan fingerprint density at radius 2 is 1.78 bits per heavy atom. The SMILES string of the molecule is CC(C)N(CCC(=O)N1CCN(C/C=C/c2ccccc2)CC1)S(C)(=O)=O. The molecule has 0 radical (unpaired) electrons. The van der Waals surface area contributed by atoms with Crippen molar-refractivity contribution in [3.63, 3.8) is 0 Å². The molecule has 0 unspecified atom stereocenters. The first kappa shape index (κ1) is 21.6. The molecular weight excluding hydrogens is 362 g/mol. The molecule has 150 valence electrons.